The highest BCUT2D eigenvalue weighted by molar-refractivity contribution is 7.10. The number of fused-ring (bicyclic) bond motifs is 1. The van der Waals surface area contributed by atoms with E-state index in [-0.39, 0.29) is 11.9 Å². The largest absolute Gasteiger partial charge is 0.367 e. The first-order valence-corrected chi connectivity index (χ1v) is 9.24. The summed E-state index contributed by atoms with van der Waals surface area (Å²) in [6.07, 6.45) is 6.06. The number of hydrogen-bond acceptors (Lipinski definition) is 4. The van der Waals surface area contributed by atoms with Crippen molar-refractivity contribution in [3.8, 4) is 0 Å². The van der Waals surface area contributed by atoms with Gasteiger partial charge >= 0.3 is 0 Å². The minimum Gasteiger partial charge on any atom is -0.367 e. The van der Waals surface area contributed by atoms with Crippen molar-refractivity contribution in [2.75, 3.05) is 11.9 Å². The smallest absolute Gasteiger partial charge is 0.255 e. The fourth-order valence-corrected chi connectivity index (χ4v) is 4.22. The van der Waals surface area contributed by atoms with Gasteiger partial charge in [-0.25, -0.2) is 4.98 Å². The van der Waals surface area contributed by atoms with Crippen molar-refractivity contribution in [1.29, 1.82) is 0 Å². The molecule has 0 aromatic carbocycles. The molecule has 23 heavy (non-hydrogen) atoms. The SMILES string of the molecule is CC[C@@H]1c2ccsc2CCN1C(=O)c1ccc(NC2CC2)nc1. The zero-order valence-corrected chi connectivity index (χ0v) is 14.1. The summed E-state index contributed by atoms with van der Waals surface area (Å²) in [7, 11) is 0. The Balaban J connectivity index is 1.53. The van der Waals surface area contributed by atoms with E-state index < -0.39 is 0 Å². The van der Waals surface area contributed by atoms with E-state index in [1.54, 1.807) is 6.20 Å². The molecule has 1 atom stereocenters. The Bertz CT molecular complexity index is 705. The number of pyridine rings is 1. The molecule has 2 aliphatic rings. The first kappa shape index (κ1) is 14.7. The molecule has 1 amide bonds. The normalized spacial score (nSPS) is 20.2. The van der Waals surface area contributed by atoms with Crippen LogP contribution in [0.4, 0.5) is 5.82 Å². The van der Waals surface area contributed by atoms with Crippen molar-refractivity contribution in [2.45, 2.75) is 44.7 Å². The molecule has 5 heteroatoms. The van der Waals surface area contributed by atoms with Crippen LogP contribution in [-0.4, -0.2) is 28.4 Å². The second-order valence-corrected chi connectivity index (χ2v) is 7.32. The molecular weight excluding hydrogens is 306 g/mol. The summed E-state index contributed by atoms with van der Waals surface area (Å²) in [5.41, 5.74) is 2.01. The zero-order chi connectivity index (χ0) is 15.8. The van der Waals surface area contributed by atoms with Gasteiger partial charge in [0.05, 0.1) is 11.6 Å². The molecule has 4 rings (SSSR count). The third kappa shape index (κ3) is 2.85. The first-order chi connectivity index (χ1) is 11.3. The summed E-state index contributed by atoms with van der Waals surface area (Å²) in [4.78, 5) is 20.8. The number of carbonyl (C=O) groups excluding carboxylic acids is 1. The monoisotopic (exact) mass is 327 g/mol. The summed E-state index contributed by atoms with van der Waals surface area (Å²) >= 11 is 1.81. The number of nitrogens with one attached hydrogen (secondary N) is 1. The number of hydrogen-bond donors (Lipinski definition) is 1. The molecule has 1 aliphatic carbocycles. The van der Waals surface area contributed by atoms with Crippen LogP contribution in [0.1, 0.15) is 53.0 Å². The standard InChI is InChI=1S/C18H21N3OS/c1-2-15-14-8-10-23-16(14)7-9-21(15)18(22)12-3-6-17(19-11-12)20-13-4-5-13/h3,6,8,10-11,13,15H,2,4-5,7,9H2,1H3,(H,19,20)/t15-/m1/s1. The van der Waals surface area contributed by atoms with Crippen LogP contribution in [0.25, 0.3) is 0 Å². The Kier molecular flexibility index (Phi) is 3.81. The van der Waals surface area contributed by atoms with Crippen LogP contribution in [0, 0.1) is 0 Å². The van der Waals surface area contributed by atoms with Gasteiger partial charge < -0.3 is 10.2 Å². The van der Waals surface area contributed by atoms with Gasteiger partial charge in [0.2, 0.25) is 0 Å². The van der Waals surface area contributed by atoms with Crippen molar-refractivity contribution >= 4 is 23.1 Å². The lowest BCUT2D eigenvalue weighted by Gasteiger charge is -2.35. The molecular formula is C18H21N3OS. The molecule has 120 valence electrons. The molecule has 1 fully saturated rings. The van der Waals surface area contributed by atoms with E-state index in [9.17, 15) is 4.79 Å². The molecule has 4 nitrogen and oxygen atoms in total. The molecule has 0 spiro atoms. The highest BCUT2D eigenvalue weighted by atomic mass is 32.1. The van der Waals surface area contributed by atoms with Gasteiger partial charge in [0.1, 0.15) is 5.82 Å². The molecule has 1 N–H and O–H groups in total. The van der Waals surface area contributed by atoms with Crippen molar-refractivity contribution in [3.05, 3.63) is 45.8 Å². The van der Waals surface area contributed by atoms with Crippen molar-refractivity contribution < 1.29 is 4.79 Å². The fraction of sp³-hybridized carbons (Fsp3) is 0.444. The number of nitrogens with zero attached hydrogens (tertiary/aromatic N) is 2. The minimum absolute atomic E-state index is 0.0965. The number of amides is 1. The number of carbonyl (C=O) groups is 1. The van der Waals surface area contributed by atoms with E-state index in [2.05, 4.69) is 28.7 Å². The number of thiophene rings is 1. The maximum Gasteiger partial charge on any atom is 0.255 e. The lowest BCUT2D eigenvalue weighted by molar-refractivity contribution is 0.0657. The van der Waals surface area contributed by atoms with E-state index in [1.165, 1.54) is 23.3 Å². The average molecular weight is 327 g/mol. The van der Waals surface area contributed by atoms with E-state index in [0.717, 1.165) is 25.2 Å². The van der Waals surface area contributed by atoms with Gasteiger partial charge in [-0.15, -0.1) is 11.3 Å². The van der Waals surface area contributed by atoms with E-state index in [1.807, 2.05) is 28.4 Å². The number of rotatable bonds is 4. The van der Waals surface area contributed by atoms with Crippen molar-refractivity contribution in [3.63, 3.8) is 0 Å². The quantitative estimate of drug-likeness (QED) is 0.927. The Labute approximate surface area is 140 Å². The summed E-state index contributed by atoms with van der Waals surface area (Å²) in [6.45, 7) is 2.95. The van der Waals surface area contributed by atoms with Crippen LogP contribution >= 0.6 is 11.3 Å². The maximum absolute atomic E-state index is 12.9. The van der Waals surface area contributed by atoms with Gasteiger partial charge in [-0.3, -0.25) is 4.79 Å². The molecule has 0 unspecified atom stereocenters. The second kappa shape index (κ2) is 5.96. The van der Waals surface area contributed by atoms with Crippen LogP contribution in [-0.2, 0) is 6.42 Å². The fourth-order valence-electron chi connectivity index (χ4n) is 3.29. The van der Waals surface area contributed by atoms with Gasteiger partial charge in [0.25, 0.3) is 5.91 Å². The number of aromatic nitrogens is 1. The summed E-state index contributed by atoms with van der Waals surface area (Å²) < 4.78 is 0. The predicted octanol–water partition coefficient (Wildman–Crippen LogP) is 3.87. The lowest BCUT2D eigenvalue weighted by atomic mass is 9.97. The Hall–Kier alpha value is -1.88. The van der Waals surface area contributed by atoms with Crippen LogP contribution in [0.15, 0.2) is 29.8 Å². The zero-order valence-electron chi connectivity index (χ0n) is 13.3. The predicted molar refractivity (Wildman–Crippen MR) is 93.0 cm³/mol. The Morgan fingerprint density at radius 3 is 2.96 bits per heavy atom. The Morgan fingerprint density at radius 1 is 1.39 bits per heavy atom. The Morgan fingerprint density at radius 2 is 2.26 bits per heavy atom. The third-order valence-corrected chi connectivity index (χ3v) is 5.68. The van der Waals surface area contributed by atoms with E-state index in [4.69, 9.17) is 0 Å². The maximum atomic E-state index is 12.9. The summed E-state index contributed by atoms with van der Waals surface area (Å²) in [6, 6.07) is 6.77. The average Bonchev–Trinajstić information content (AvgIpc) is 3.26. The van der Waals surface area contributed by atoms with Gasteiger partial charge in [0.15, 0.2) is 0 Å². The molecule has 1 aliphatic heterocycles. The molecule has 2 aromatic rings. The van der Waals surface area contributed by atoms with Gasteiger partial charge in [-0.2, -0.15) is 0 Å². The lowest BCUT2D eigenvalue weighted by Crippen LogP contribution is -2.39. The molecule has 0 radical (unpaired) electrons. The first-order valence-electron chi connectivity index (χ1n) is 8.36. The van der Waals surface area contributed by atoms with Crippen LogP contribution in [0.2, 0.25) is 0 Å². The van der Waals surface area contributed by atoms with E-state index >= 15 is 0 Å². The van der Waals surface area contributed by atoms with Gasteiger partial charge in [-0.1, -0.05) is 6.92 Å². The van der Waals surface area contributed by atoms with Crippen LogP contribution in [0.3, 0.4) is 0 Å². The van der Waals surface area contributed by atoms with Crippen molar-refractivity contribution in [1.82, 2.24) is 9.88 Å². The molecule has 2 aromatic heterocycles. The van der Waals surface area contributed by atoms with Crippen LogP contribution < -0.4 is 5.32 Å². The second-order valence-electron chi connectivity index (χ2n) is 6.32. The summed E-state index contributed by atoms with van der Waals surface area (Å²) in [5, 5.41) is 5.50. The van der Waals surface area contributed by atoms with Gasteiger partial charge in [-0.05, 0) is 54.8 Å². The minimum atomic E-state index is 0.0965. The topological polar surface area (TPSA) is 45.2 Å². The molecule has 3 heterocycles. The van der Waals surface area contributed by atoms with Gasteiger partial charge in [0, 0.05) is 23.7 Å². The van der Waals surface area contributed by atoms with Crippen LogP contribution in [0.5, 0.6) is 0 Å². The molecule has 0 saturated heterocycles. The van der Waals surface area contributed by atoms with E-state index in [0.29, 0.717) is 11.6 Å². The van der Waals surface area contributed by atoms with Crippen molar-refractivity contribution in [2.24, 2.45) is 0 Å². The third-order valence-electron chi connectivity index (χ3n) is 4.68. The molecule has 0 bridgehead atoms. The molecule has 1 saturated carbocycles. The highest BCUT2D eigenvalue weighted by Crippen LogP contribution is 2.36. The number of anilines is 1. The summed E-state index contributed by atoms with van der Waals surface area (Å²) in [5.74, 6) is 0.967. The highest BCUT2D eigenvalue weighted by Gasteiger charge is 2.31.